The van der Waals surface area contributed by atoms with Gasteiger partial charge in [0.25, 0.3) is 5.69 Å². The Bertz CT molecular complexity index is 312. The lowest BCUT2D eigenvalue weighted by Crippen LogP contribution is -1.96. The molecule has 0 aliphatic carbocycles. The Hall–Kier alpha value is -1.62. The van der Waals surface area contributed by atoms with E-state index in [0.29, 0.717) is 5.69 Å². The minimum atomic E-state index is -0.551. The number of benzene rings is 1. The van der Waals surface area contributed by atoms with Crippen LogP contribution in [0.4, 0.5) is 11.4 Å². The van der Waals surface area contributed by atoms with Gasteiger partial charge < -0.3 is 10.8 Å². The van der Waals surface area contributed by atoms with Crippen LogP contribution in [0.15, 0.2) is 18.2 Å². The molecule has 1 aromatic carbocycles. The van der Waals surface area contributed by atoms with Crippen molar-refractivity contribution in [1.82, 2.24) is 0 Å². The van der Waals surface area contributed by atoms with Crippen molar-refractivity contribution < 1.29 is 10.0 Å². The Balaban J connectivity index is 3.20. The minimum absolute atomic E-state index is 0.105. The summed E-state index contributed by atoms with van der Waals surface area (Å²) in [5, 5.41) is 19.1. The van der Waals surface area contributed by atoms with Gasteiger partial charge >= 0.3 is 0 Å². The normalized spacial score (nSPS) is 9.75. The number of anilines is 1. The standard InChI is InChI=1S/C7H8N2O3/c8-6-1-2-7(9(11)12)5(3-6)4-10/h1-3,10H,4,8H2. The van der Waals surface area contributed by atoms with Crippen LogP contribution in [0.25, 0.3) is 0 Å². The van der Waals surface area contributed by atoms with Gasteiger partial charge in [0, 0.05) is 11.8 Å². The molecular weight excluding hydrogens is 160 g/mol. The van der Waals surface area contributed by atoms with Gasteiger partial charge in [-0.25, -0.2) is 0 Å². The summed E-state index contributed by atoms with van der Waals surface area (Å²) in [4.78, 5) is 9.79. The molecule has 5 heteroatoms. The summed E-state index contributed by atoms with van der Waals surface area (Å²) < 4.78 is 0. The number of nitro benzene ring substituents is 1. The van der Waals surface area contributed by atoms with E-state index in [1.807, 2.05) is 0 Å². The second-order valence-electron chi connectivity index (χ2n) is 2.30. The Kier molecular flexibility index (Phi) is 2.25. The van der Waals surface area contributed by atoms with E-state index in [9.17, 15) is 10.1 Å². The topological polar surface area (TPSA) is 89.4 Å². The number of nitro groups is 1. The van der Waals surface area contributed by atoms with E-state index in [-0.39, 0.29) is 17.9 Å². The monoisotopic (exact) mass is 168 g/mol. The van der Waals surface area contributed by atoms with Crippen molar-refractivity contribution in [2.45, 2.75) is 6.61 Å². The quantitative estimate of drug-likeness (QED) is 0.386. The molecule has 12 heavy (non-hydrogen) atoms. The highest BCUT2D eigenvalue weighted by Gasteiger charge is 2.11. The molecule has 0 saturated carbocycles. The first-order chi connectivity index (χ1) is 5.65. The van der Waals surface area contributed by atoms with Crippen molar-refractivity contribution in [3.63, 3.8) is 0 Å². The minimum Gasteiger partial charge on any atom is -0.399 e. The van der Waals surface area contributed by atoms with Crippen LogP contribution in [0.1, 0.15) is 5.56 Å². The van der Waals surface area contributed by atoms with Gasteiger partial charge in [-0.05, 0) is 12.1 Å². The number of rotatable bonds is 2. The molecule has 0 atom stereocenters. The Morgan fingerprint density at radius 3 is 2.75 bits per heavy atom. The molecule has 0 saturated heterocycles. The van der Waals surface area contributed by atoms with Gasteiger partial charge in [0.1, 0.15) is 0 Å². The Labute approximate surface area is 68.6 Å². The highest BCUT2D eigenvalue weighted by molar-refractivity contribution is 5.50. The summed E-state index contributed by atoms with van der Waals surface area (Å²) in [6, 6.07) is 4.09. The van der Waals surface area contributed by atoms with Crippen LogP contribution in [0.3, 0.4) is 0 Å². The number of nitrogens with zero attached hydrogens (tertiary/aromatic N) is 1. The average Bonchev–Trinajstić information content (AvgIpc) is 2.03. The van der Waals surface area contributed by atoms with E-state index in [4.69, 9.17) is 10.8 Å². The molecule has 0 bridgehead atoms. The molecule has 1 rings (SSSR count). The van der Waals surface area contributed by atoms with Gasteiger partial charge in [-0.2, -0.15) is 0 Å². The van der Waals surface area contributed by atoms with Crippen LogP contribution < -0.4 is 5.73 Å². The number of hydrogen-bond donors (Lipinski definition) is 2. The van der Waals surface area contributed by atoms with Crippen LogP contribution in [0.2, 0.25) is 0 Å². The van der Waals surface area contributed by atoms with Crippen LogP contribution >= 0.6 is 0 Å². The predicted octanol–water partition coefficient (Wildman–Crippen LogP) is 0.669. The van der Waals surface area contributed by atoms with E-state index in [0.717, 1.165) is 0 Å². The molecule has 3 N–H and O–H groups in total. The SMILES string of the molecule is Nc1ccc([N+](=O)[O-])c(CO)c1. The van der Waals surface area contributed by atoms with Crippen LogP contribution in [-0.4, -0.2) is 10.0 Å². The number of hydrogen-bond acceptors (Lipinski definition) is 4. The van der Waals surface area contributed by atoms with Crippen molar-refractivity contribution >= 4 is 11.4 Å². The zero-order valence-electron chi connectivity index (χ0n) is 6.23. The fourth-order valence-electron chi connectivity index (χ4n) is 0.910. The second kappa shape index (κ2) is 3.19. The molecule has 0 radical (unpaired) electrons. The van der Waals surface area contributed by atoms with Gasteiger partial charge in [-0.15, -0.1) is 0 Å². The summed E-state index contributed by atoms with van der Waals surface area (Å²) in [6.07, 6.45) is 0. The van der Waals surface area contributed by atoms with Gasteiger partial charge in [-0.3, -0.25) is 10.1 Å². The largest absolute Gasteiger partial charge is 0.399 e. The summed E-state index contributed by atoms with van der Waals surface area (Å²) in [5.41, 5.74) is 5.91. The highest BCUT2D eigenvalue weighted by atomic mass is 16.6. The molecule has 5 nitrogen and oxygen atoms in total. The first kappa shape index (κ1) is 8.48. The first-order valence-corrected chi connectivity index (χ1v) is 3.29. The van der Waals surface area contributed by atoms with Gasteiger partial charge in [0.05, 0.1) is 17.1 Å². The molecule has 0 fully saturated rings. The van der Waals surface area contributed by atoms with E-state index >= 15 is 0 Å². The average molecular weight is 168 g/mol. The van der Waals surface area contributed by atoms with Crippen molar-refractivity contribution in [1.29, 1.82) is 0 Å². The van der Waals surface area contributed by atoms with Crippen LogP contribution in [-0.2, 0) is 6.61 Å². The zero-order chi connectivity index (χ0) is 9.14. The molecule has 1 aromatic rings. The van der Waals surface area contributed by atoms with E-state index < -0.39 is 4.92 Å². The van der Waals surface area contributed by atoms with Crippen molar-refractivity contribution in [3.05, 3.63) is 33.9 Å². The Morgan fingerprint density at radius 1 is 1.58 bits per heavy atom. The highest BCUT2D eigenvalue weighted by Crippen LogP contribution is 2.20. The zero-order valence-corrected chi connectivity index (χ0v) is 6.23. The van der Waals surface area contributed by atoms with Gasteiger partial charge in [0.2, 0.25) is 0 Å². The van der Waals surface area contributed by atoms with E-state index in [1.54, 1.807) is 0 Å². The predicted molar refractivity (Wildman–Crippen MR) is 43.4 cm³/mol. The molecule has 64 valence electrons. The third-order valence-electron chi connectivity index (χ3n) is 1.47. The smallest absolute Gasteiger partial charge is 0.275 e. The second-order valence-corrected chi connectivity index (χ2v) is 2.30. The van der Waals surface area contributed by atoms with Gasteiger partial charge in [0.15, 0.2) is 0 Å². The first-order valence-electron chi connectivity index (χ1n) is 3.29. The third-order valence-corrected chi connectivity index (χ3v) is 1.47. The molecule has 0 aliphatic heterocycles. The lowest BCUT2D eigenvalue weighted by Gasteiger charge is -1.99. The molecule has 0 unspecified atom stereocenters. The molecule has 0 heterocycles. The maximum absolute atomic E-state index is 10.3. The fraction of sp³-hybridized carbons (Fsp3) is 0.143. The van der Waals surface area contributed by atoms with Crippen LogP contribution in [0, 0.1) is 10.1 Å². The molecule has 0 spiro atoms. The lowest BCUT2D eigenvalue weighted by molar-refractivity contribution is -0.385. The molecule has 0 aliphatic rings. The number of aliphatic hydroxyl groups excluding tert-OH is 1. The summed E-state index contributed by atoms with van der Waals surface area (Å²) in [6.45, 7) is -0.374. The maximum Gasteiger partial charge on any atom is 0.275 e. The van der Waals surface area contributed by atoms with Crippen molar-refractivity contribution in [3.8, 4) is 0 Å². The molecule has 0 aromatic heterocycles. The van der Waals surface area contributed by atoms with Crippen molar-refractivity contribution in [2.75, 3.05) is 5.73 Å². The summed E-state index contributed by atoms with van der Waals surface area (Å²) in [7, 11) is 0. The number of aliphatic hydroxyl groups is 1. The summed E-state index contributed by atoms with van der Waals surface area (Å²) >= 11 is 0. The third kappa shape index (κ3) is 1.51. The number of nitrogens with two attached hydrogens (primary N) is 1. The fourth-order valence-corrected chi connectivity index (χ4v) is 0.910. The Morgan fingerprint density at radius 2 is 2.25 bits per heavy atom. The lowest BCUT2D eigenvalue weighted by atomic mass is 10.2. The maximum atomic E-state index is 10.3. The van der Waals surface area contributed by atoms with Gasteiger partial charge in [-0.1, -0.05) is 0 Å². The number of nitrogen functional groups attached to an aromatic ring is 1. The molecular formula is C7H8N2O3. The van der Waals surface area contributed by atoms with Crippen molar-refractivity contribution in [2.24, 2.45) is 0 Å². The van der Waals surface area contributed by atoms with Crippen LogP contribution in [0.5, 0.6) is 0 Å². The summed E-state index contributed by atoms with van der Waals surface area (Å²) in [5.74, 6) is 0. The molecule has 0 amide bonds. The van der Waals surface area contributed by atoms with E-state index in [2.05, 4.69) is 0 Å². The van der Waals surface area contributed by atoms with E-state index in [1.165, 1.54) is 18.2 Å².